The molecule has 1 aliphatic rings. The van der Waals surface area contributed by atoms with Crippen LogP contribution in [0.1, 0.15) is 22.3 Å². The molecular weight excluding hydrogens is 482 g/mol. The van der Waals surface area contributed by atoms with Crippen molar-refractivity contribution in [2.45, 2.75) is 6.42 Å². The number of benzene rings is 2. The fraction of sp³-hybridized carbons (Fsp3) is 0.231. The first-order valence-electron chi connectivity index (χ1n) is 11.0. The number of likely N-dealkylation sites (N-methyl/N-ethyl adjacent to an activating group) is 1. The predicted octanol–water partition coefficient (Wildman–Crippen LogP) is 4.19. The number of rotatable bonds is 10. The Kier molecular flexibility index (Phi) is 9.77. The maximum absolute atomic E-state index is 12.7. The predicted molar refractivity (Wildman–Crippen MR) is 144 cm³/mol. The number of esters is 1. The van der Waals surface area contributed by atoms with Crippen LogP contribution in [0.15, 0.2) is 71.7 Å². The SMILES string of the molecule is CN(C)CCOC(=O)c1ccc(NC(=O)CCN2C(=O)/C(=C/C=C/c3ccccc3)SC2=S)cc1. The van der Waals surface area contributed by atoms with Gasteiger partial charge in [-0.2, -0.15) is 0 Å². The van der Waals surface area contributed by atoms with Gasteiger partial charge in [0.2, 0.25) is 5.91 Å². The number of nitrogens with zero attached hydrogens (tertiary/aromatic N) is 2. The molecule has 0 spiro atoms. The van der Waals surface area contributed by atoms with Gasteiger partial charge in [0, 0.05) is 25.2 Å². The van der Waals surface area contributed by atoms with Gasteiger partial charge >= 0.3 is 5.97 Å². The molecule has 1 fully saturated rings. The number of hydrogen-bond donors (Lipinski definition) is 1. The lowest BCUT2D eigenvalue weighted by Gasteiger charge is -2.14. The molecule has 0 saturated carbocycles. The normalized spacial score (nSPS) is 14.8. The van der Waals surface area contributed by atoms with Crippen LogP contribution in [0.5, 0.6) is 0 Å². The highest BCUT2D eigenvalue weighted by Gasteiger charge is 2.31. The Bertz CT molecular complexity index is 1130. The summed E-state index contributed by atoms with van der Waals surface area (Å²) in [6.07, 6.45) is 5.55. The summed E-state index contributed by atoms with van der Waals surface area (Å²) < 4.78 is 5.63. The smallest absolute Gasteiger partial charge is 0.338 e. The van der Waals surface area contributed by atoms with Crippen LogP contribution in [0.3, 0.4) is 0 Å². The van der Waals surface area contributed by atoms with Gasteiger partial charge in [-0.15, -0.1) is 0 Å². The molecule has 2 aromatic rings. The Morgan fingerprint density at radius 2 is 1.83 bits per heavy atom. The summed E-state index contributed by atoms with van der Waals surface area (Å²) in [5.74, 6) is -0.873. The van der Waals surface area contributed by atoms with Crippen molar-refractivity contribution in [3.05, 3.63) is 82.8 Å². The summed E-state index contributed by atoms with van der Waals surface area (Å²) >= 11 is 6.55. The molecule has 0 bridgehead atoms. The average molecular weight is 510 g/mol. The minimum absolute atomic E-state index is 0.0912. The van der Waals surface area contributed by atoms with Gasteiger partial charge in [0.1, 0.15) is 10.9 Å². The number of allylic oxidation sites excluding steroid dienone is 2. The first-order chi connectivity index (χ1) is 16.8. The molecule has 1 aliphatic heterocycles. The number of carbonyl (C=O) groups excluding carboxylic acids is 3. The Hall–Kier alpha value is -3.27. The standard InChI is InChI=1S/C26H27N3O4S2/c1-28(2)17-18-33-25(32)20-11-13-21(14-12-20)27-23(30)15-16-29-24(31)22(35-26(29)34)10-6-9-19-7-4-3-5-8-19/h3-14H,15-18H2,1-2H3,(H,27,30)/b9-6+,22-10-. The van der Waals surface area contributed by atoms with E-state index in [2.05, 4.69) is 5.32 Å². The van der Waals surface area contributed by atoms with Crippen molar-refractivity contribution in [3.8, 4) is 0 Å². The highest BCUT2D eigenvalue weighted by atomic mass is 32.2. The fourth-order valence-corrected chi connectivity index (χ4v) is 4.31. The molecule has 1 saturated heterocycles. The summed E-state index contributed by atoms with van der Waals surface area (Å²) in [5.41, 5.74) is 1.99. The summed E-state index contributed by atoms with van der Waals surface area (Å²) in [5, 5.41) is 2.77. The Morgan fingerprint density at radius 1 is 1.11 bits per heavy atom. The van der Waals surface area contributed by atoms with E-state index in [1.807, 2.05) is 61.5 Å². The van der Waals surface area contributed by atoms with Crippen molar-refractivity contribution in [3.63, 3.8) is 0 Å². The number of amides is 2. The van der Waals surface area contributed by atoms with Crippen molar-refractivity contribution in [1.82, 2.24) is 9.80 Å². The zero-order chi connectivity index (χ0) is 25.2. The first kappa shape index (κ1) is 26.3. The van der Waals surface area contributed by atoms with E-state index in [4.69, 9.17) is 17.0 Å². The van der Waals surface area contributed by atoms with Gasteiger partial charge in [0.05, 0.1) is 10.5 Å². The first-order valence-corrected chi connectivity index (χ1v) is 12.2. The highest BCUT2D eigenvalue weighted by molar-refractivity contribution is 8.26. The molecule has 2 amide bonds. The lowest BCUT2D eigenvalue weighted by Crippen LogP contribution is -2.31. The average Bonchev–Trinajstić information content (AvgIpc) is 3.10. The van der Waals surface area contributed by atoms with E-state index >= 15 is 0 Å². The second-order valence-corrected chi connectivity index (χ2v) is 9.62. The van der Waals surface area contributed by atoms with Crippen LogP contribution >= 0.6 is 24.0 Å². The van der Waals surface area contributed by atoms with Gasteiger partial charge in [-0.05, 0) is 50.0 Å². The fourth-order valence-electron chi connectivity index (χ4n) is 3.05. The van der Waals surface area contributed by atoms with E-state index in [0.717, 1.165) is 5.56 Å². The monoisotopic (exact) mass is 509 g/mol. The molecule has 1 heterocycles. The van der Waals surface area contributed by atoms with Gasteiger partial charge in [-0.3, -0.25) is 14.5 Å². The maximum atomic E-state index is 12.7. The number of ether oxygens (including phenoxy) is 1. The van der Waals surface area contributed by atoms with E-state index in [1.54, 1.807) is 30.3 Å². The third-order valence-corrected chi connectivity index (χ3v) is 6.34. The lowest BCUT2D eigenvalue weighted by atomic mass is 10.2. The van der Waals surface area contributed by atoms with Crippen LogP contribution in [0.2, 0.25) is 0 Å². The van der Waals surface area contributed by atoms with E-state index in [9.17, 15) is 14.4 Å². The lowest BCUT2D eigenvalue weighted by molar-refractivity contribution is -0.122. The van der Waals surface area contributed by atoms with E-state index in [0.29, 0.717) is 33.6 Å². The van der Waals surface area contributed by atoms with Gasteiger partial charge in [0.15, 0.2) is 0 Å². The van der Waals surface area contributed by atoms with E-state index < -0.39 is 5.97 Å². The van der Waals surface area contributed by atoms with Crippen LogP contribution in [-0.2, 0) is 14.3 Å². The van der Waals surface area contributed by atoms with Crippen LogP contribution in [0.25, 0.3) is 6.08 Å². The second kappa shape index (κ2) is 13.0. The Morgan fingerprint density at radius 3 is 2.51 bits per heavy atom. The van der Waals surface area contributed by atoms with Crippen LogP contribution in [-0.4, -0.2) is 65.7 Å². The maximum Gasteiger partial charge on any atom is 0.338 e. The Balaban J connectivity index is 1.47. The molecule has 182 valence electrons. The van der Waals surface area contributed by atoms with Gasteiger partial charge < -0.3 is 15.0 Å². The van der Waals surface area contributed by atoms with Crippen molar-refractivity contribution in [2.75, 3.05) is 39.1 Å². The quantitative estimate of drug-likeness (QED) is 0.292. The molecule has 35 heavy (non-hydrogen) atoms. The highest BCUT2D eigenvalue weighted by Crippen LogP contribution is 2.31. The molecule has 7 nitrogen and oxygen atoms in total. The zero-order valence-electron chi connectivity index (χ0n) is 19.6. The van der Waals surface area contributed by atoms with Crippen molar-refractivity contribution >= 4 is 57.8 Å². The zero-order valence-corrected chi connectivity index (χ0v) is 21.2. The van der Waals surface area contributed by atoms with E-state index in [1.165, 1.54) is 16.7 Å². The second-order valence-electron chi connectivity index (χ2n) is 7.94. The van der Waals surface area contributed by atoms with Crippen LogP contribution < -0.4 is 5.32 Å². The molecule has 9 heteroatoms. The molecule has 1 N–H and O–H groups in total. The van der Waals surface area contributed by atoms with Crippen molar-refractivity contribution < 1.29 is 19.1 Å². The topological polar surface area (TPSA) is 79.0 Å². The number of hydrogen-bond acceptors (Lipinski definition) is 7. The van der Waals surface area contributed by atoms with E-state index in [-0.39, 0.29) is 24.8 Å². The molecule has 0 atom stereocenters. The largest absolute Gasteiger partial charge is 0.461 e. The minimum Gasteiger partial charge on any atom is -0.461 e. The van der Waals surface area contributed by atoms with Gasteiger partial charge in [-0.1, -0.05) is 66.5 Å². The third kappa shape index (κ3) is 8.17. The number of thioether (sulfide) groups is 1. The summed E-state index contributed by atoms with van der Waals surface area (Å²) in [6, 6.07) is 16.3. The molecule has 0 radical (unpaired) electrons. The van der Waals surface area contributed by atoms with Crippen LogP contribution in [0.4, 0.5) is 5.69 Å². The molecule has 0 aromatic heterocycles. The Labute approximate surface area is 214 Å². The number of thiocarbonyl (C=S) groups is 1. The molecule has 3 rings (SSSR count). The van der Waals surface area contributed by atoms with Crippen molar-refractivity contribution in [1.29, 1.82) is 0 Å². The van der Waals surface area contributed by atoms with Gasteiger partial charge in [-0.25, -0.2) is 4.79 Å². The molecule has 0 aliphatic carbocycles. The number of anilines is 1. The summed E-state index contributed by atoms with van der Waals surface area (Å²) in [7, 11) is 3.80. The summed E-state index contributed by atoms with van der Waals surface area (Å²) in [4.78, 5) is 41.0. The molecule has 2 aromatic carbocycles. The molecular formula is C26H27N3O4S2. The minimum atomic E-state index is -0.411. The molecule has 0 unspecified atom stereocenters. The summed E-state index contributed by atoms with van der Waals surface area (Å²) in [6.45, 7) is 1.13. The van der Waals surface area contributed by atoms with Gasteiger partial charge in [0.25, 0.3) is 5.91 Å². The number of carbonyl (C=O) groups is 3. The third-order valence-electron chi connectivity index (χ3n) is 4.95. The van der Waals surface area contributed by atoms with Crippen LogP contribution in [0, 0.1) is 0 Å². The van der Waals surface area contributed by atoms with Crippen molar-refractivity contribution in [2.24, 2.45) is 0 Å². The number of nitrogens with one attached hydrogen (secondary N) is 1.